The molecule has 2 aliphatic rings. The molecule has 2 fully saturated rings. The van der Waals surface area contributed by atoms with E-state index in [-0.39, 0.29) is 24.3 Å². The summed E-state index contributed by atoms with van der Waals surface area (Å²) >= 11 is 0. The first-order valence-corrected chi connectivity index (χ1v) is 13.1. The Morgan fingerprint density at radius 3 is 1.79 bits per heavy atom. The lowest BCUT2D eigenvalue weighted by atomic mass is 9.95. The summed E-state index contributed by atoms with van der Waals surface area (Å²) in [4.78, 5) is 22.7. The van der Waals surface area contributed by atoms with Gasteiger partial charge in [0.25, 0.3) is 0 Å². The van der Waals surface area contributed by atoms with Crippen molar-refractivity contribution in [3.63, 3.8) is 0 Å². The van der Waals surface area contributed by atoms with E-state index in [1.54, 1.807) is 27.7 Å². The van der Waals surface area contributed by atoms with Gasteiger partial charge in [-0.2, -0.15) is 0 Å². The Bertz CT molecular complexity index is 733. The number of aliphatic hydroxyl groups excluding tert-OH is 5. The Morgan fingerprint density at radius 2 is 1.37 bits per heavy atom. The molecule has 2 aliphatic heterocycles. The van der Waals surface area contributed by atoms with Gasteiger partial charge in [-0.1, -0.05) is 13.8 Å². The smallest absolute Gasteiger partial charge is 0.220 e. The van der Waals surface area contributed by atoms with Crippen molar-refractivity contribution in [1.82, 2.24) is 10.6 Å². The number of amides is 2. The summed E-state index contributed by atoms with van der Waals surface area (Å²) in [5, 5.41) is 54.2. The molecule has 38 heavy (non-hydrogen) atoms. The normalized spacial score (nSPS) is 35.7. The van der Waals surface area contributed by atoms with Gasteiger partial charge in [-0.15, -0.1) is 0 Å². The number of ether oxygens (including phenoxy) is 4. The fourth-order valence-corrected chi connectivity index (χ4v) is 4.01. The van der Waals surface area contributed by atoms with Crippen LogP contribution in [0.4, 0.5) is 0 Å². The molecule has 2 saturated heterocycles. The van der Waals surface area contributed by atoms with Gasteiger partial charge in [0, 0.05) is 13.3 Å². The van der Waals surface area contributed by atoms with Gasteiger partial charge in [0.1, 0.15) is 42.6 Å². The highest BCUT2D eigenvalue weighted by Gasteiger charge is 2.47. The van der Waals surface area contributed by atoms with Crippen molar-refractivity contribution < 1.29 is 54.1 Å². The van der Waals surface area contributed by atoms with Crippen LogP contribution in [-0.4, -0.2) is 117 Å². The molecule has 10 atom stereocenters. The molecule has 13 heteroatoms. The SMILES string of the molecule is CCC(=O)N[C@H]1C(OC(C)(C)C)O[C@H](CO)[C@H](O)[C@@H]1O.CC[C@H]1OC(OC(C)C)[C@H](NC(C)=O)[C@@H](O)[C@H]1O. The quantitative estimate of drug-likeness (QED) is 0.193. The second-order valence-electron chi connectivity index (χ2n) is 10.7. The number of hydrogen-bond donors (Lipinski definition) is 7. The molecule has 0 saturated carbocycles. The van der Waals surface area contributed by atoms with Crippen LogP contribution in [0.1, 0.15) is 68.2 Å². The zero-order chi connectivity index (χ0) is 29.4. The zero-order valence-corrected chi connectivity index (χ0v) is 23.7. The Labute approximate surface area is 224 Å². The summed E-state index contributed by atoms with van der Waals surface area (Å²) in [5.41, 5.74) is -0.568. The van der Waals surface area contributed by atoms with Crippen LogP contribution in [-0.2, 0) is 28.5 Å². The molecule has 0 radical (unpaired) electrons. The highest BCUT2D eigenvalue weighted by Crippen LogP contribution is 2.26. The van der Waals surface area contributed by atoms with E-state index in [0.717, 1.165) is 0 Å². The predicted molar refractivity (Wildman–Crippen MR) is 136 cm³/mol. The molecule has 0 aromatic carbocycles. The van der Waals surface area contributed by atoms with Gasteiger partial charge < -0.3 is 55.1 Å². The lowest BCUT2D eigenvalue weighted by molar-refractivity contribution is -0.293. The van der Waals surface area contributed by atoms with Gasteiger partial charge in [0.05, 0.1) is 24.4 Å². The average molecular weight is 553 g/mol. The molecule has 2 amide bonds. The van der Waals surface area contributed by atoms with Gasteiger partial charge in [0.2, 0.25) is 11.8 Å². The number of carbonyl (C=O) groups excluding carboxylic acids is 2. The molecule has 13 nitrogen and oxygen atoms in total. The lowest BCUT2D eigenvalue weighted by Gasteiger charge is -2.44. The molecule has 0 aliphatic carbocycles. The molecule has 0 bridgehead atoms. The van der Waals surface area contributed by atoms with E-state index in [4.69, 9.17) is 18.9 Å². The van der Waals surface area contributed by atoms with Crippen molar-refractivity contribution in [3.05, 3.63) is 0 Å². The van der Waals surface area contributed by atoms with E-state index in [1.807, 2.05) is 20.8 Å². The fraction of sp³-hybridized carbons (Fsp3) is 0.920. The number of aliphatic hydroxyl groups is 5. The van der Waals surface area contributed by atoms with Crippen molar-refractivity contribution in [2.75, 3.05) is 6.61 Å². The second-order valence-corrected chi connectivity index (χ2v) is 10.7. The molecule has 2 heterocycles. The zero-order valence-electron chi connectivity index (χ0n) is 23.7. The topological polar surface area (TPSA) is 196 Å². The van der Waals surface area contributed by atoms with Crippen LogP contribution < -0.4 is 10.6 Å². The van der Waals surface area contributed by atoms with Crippen molar-refractivity contribution in [3.8, 4) is 0 Å². The largest absolute Gasteiger partial charge is 0.394 e. The minimum atomic E-state index is -1.29. The van der Waals surface area contributed by atoms with E-state index in [1.165, 1.54) is 6.92 Å². The number of hydrogen-bond acceptors (Lipinski definition) is 11. The fourth-order valence-electron chi connectivity index (χ4n) is 4.01. The summed E-state index contributed by atoms with van der Waals surface area (Å²) in [6, 6.07) is -1.65. The minimum Gasteiger partial charge on any atom is -0.394 e. The molecule has 0 aromatic rings. The Morgan fingerprint density at radius 1 is 0.868 bits per heavy atom. The van der Waals surface area contributed by atoms with Crippen LogP contribution in [0.25, 0.3) is 0 Å². The molecular weight excluding hydrogens is 504 g/mol. The van der Waals surface area contributed by atoms with Crippen molar-refractivity contribution in [2.45, 2.75) is 141 Å². The Kier molecular flexibility index (Phi) is 14.0. The van der Waals surface area contributed by atoms with E-state index in [9.17, 15) is 35.1 Å². The number of carbonyl (C=O) groups is 2. The second kappa shape index (κ2) is 15.4. The van der Waals surface area contributed by atoms with Crippen LogP contribution in [0.2, 0.25) is 0 Å². The Hall–Kier alpha value is -1.42. The molecule has 0 aromatic heterocycles. The average Bonchev–Trinajstić information content (AvgIpc) is 2.82. The van der Waals surface area contributed by atoms with Gasteiger partial charge in [0.15, 0.2) is 12.6 Å². The highest BCUT2D eigenvalue weighted by atomic mass is 16.7. The maximum absolute atomic E-state index is 11.5. The van der Waals surface area contributed by atoms with Crippen LogP contribution in [0.5, 0.6) is 0 Å². The third-order valence-corrected chi connectivity index (χ3v) is 5.88. The van der Waals surface area contributed by atoms with Gasteiger partial charge in [-0.25, -0.2) is 0 Å². The van der Waals surface area contributed by atoms with Gasteiger partial charge >= 0.3 is 0 Å². The summed E-state index contributed by atoms with van der Waals surface area (Å²) in [5.74, 6) is -0.586. The van der Waals surface area contributed by atoms with Crippen molar-refractivity contribution in [1.29, 1.82) is 0 Å². The Balaban J connectivity index is 0.000000382. The molecule has 2 rings (SSSR count). The van der Waals surface area contributed by atoms with E-state index in [0.29, 0.717) is 6.42 Å². The van der Waals surface area contributed by atoms with E-state index >= 15 is 0 Å². The van der Waals surface area contributed by atoms with Crippen molar-refractivity contribution in [2.24, 2.45) is 0 Å². The van der Waals surface area contributed by atoms with Crippen molar-refractivity contribution >= 4 is 11.8 Å². The summed E-state index contributed by atoms with van der Waals surface area (Å²) in [6.45, 7) is 13.5. The molecular formula is C25H48N2O11. The summed E-state index contributed by atoms with van der Waals surface area (Å²) in [6.07, 6.45) is -7.14. The first-order chi connectivity index (χ1) is 17.6. The van der Waals surface area contributed by atoms with Crippen LogP contribution in [0.3, 0.4) is 0 Å². The van der Waals surface area contributed by atoms with E-state index in [2.05, 4.69) is 10.6 Å². The number of rotatable bonds is 8. The molecule has 224 valence electrons. The van der Waals surface area contributed by atoms with E-state index < -0.39 is 73.5 Å². The van der Waals surface area contributed by atoms with Gasteiger partial charge in [-0.3, -0.25) is 9.59 Å². The molecule has 0 spiro atoms. The monoisotopic (exact) mass is 552 g/mol. The summed E-state index contributed by atoms with van der Waals surface area (Å²) in [7, 11) is 0. The standard InChI is InChI=1S/C13H25NO6.C12H23NO5/c1-5-8(16)14-9-11(18)10(17)7(6-15)19-12(9)20-13(2,3)4;1-5-8-10(15)11(16)9(13-7(4)14)12(18-8)17-6(2)3/h7,9-12,15,17-18H,5-6H2,1-4H3,(H,14,16);6,8-12,15-16H,5H2,1-4H3,(H,13,14)/t7-,9-,10+,11-,12?;8-,9-,10+,11-,12?/m11/s1. The highest BCUT2D eigenvalue weighted by molar-refractivity contribution is 5.76. The van der Waals surface area contributed by atoms with Crippen LogP contribution >= 0.6 is 0 Å². The van der Waals surface area contributed by atoms with Gasteiger partial charge in [-0.05, 0) is 41.0 Å². The minimum absolute atomic E-state index is 0.105. The van der Waals surface area contributed by atoms with Crippen LogP contribution in [0.15, 0.2) is 0 Å². The number of nitrogens with one attached hydrogen (secondary N) is 2. The van der Waals surface area contributed by atoms with Crippen LogP contribution in [0, 0.1) is 0 Å². The first kappa shape index (κ1) is 34.6. The first-order valence-electron chi connectivity index (χ1n) is 13.1. The summed E-state index contributed by atoms with van der Waals surface area (Å²) < 4.78 is 22.3. The molecule has 2 unspecified atom stereocenters. The maximum atomic E-state index is 11.5. The lowest BCUT2D eigenvalue weighted by Crippen LogP contribution is -2.65. The third-order valence-electron chi connectivity index (χ3n) is 5.88. The maximum Gasteiger partial charge on any atom is 0.220 e. The third kappa shape index (κ3) is 10.3. The molecule has 7 N–H and O–H groups in total. The predicted octanol–water partition coefficient (Wildman–Crippen LogP) is -1.09.